The summed E-state index contributed by atoms with van der Waals surface area (Å²) in [5, 5.41) is 63.2. The van der Waals surface area contributed by atoms with Crippen LogP contribution in [0.2, 0.25) is 0 Å². The molecule has 0 saturated heterocycles. The van der Waals surface area contributed by atoms with E-state index in [4.69, 9.17) is 30.6 Å². The SMILES string of the molecule is O=C([O-])[C@H](O)[C@@H](O)[C@H](O)[C@H](O)C(O)CO.[K+]. The molecule has 9 heteroatoms. The molecule has 0 rings (SSSR count). The monoisotopic (exact) mass is 264 g/mol. The van der Waals surface area contributed by atoms with Crippen LogP contribution >= 0.6 is 0 Å². The maximum absolute atomic E-state index is 10.1. The minimum Gasteiger partial charge on any atom is -0.547 e. The van der Waals surface area contributed by atoms with Gasteiger partial charge in [0.1, 0.15) is 30.5 Å². The summed E-state index contributed by atoms with van der Waals surface area (Å²) >= 11 is 0. The molecule has 0 fully saturated rings. The van der Waals surface area contributed by atoms with Crippen LogP contribution in [0.25, 0.3) is 0 Å². The molecule has 0 aromatic rings. The molecule has 0 spiro atoms. The van der Waals surface area contributed by atoms with Gasteiger partial charge in [-0.25, -0.2) is 0 Å². The minimum absolute atomic E-state index is 0. The summed E-state index contributed by atoms with van der Waals surface area (Å²) in [6, 6.07) is 0. The number of carbonyl (C=O) groups excluding carboxylic acids is 1. The Bertz CT molecular complexity index is 213. The van der Waals surface area contributed by atoms with Gasteiger partial charge in [0.2, 0.25) is 0 Å². The first-order chi connectivity index (χ1) is 6.82. The first-order valence-corrected chi connectivity index (χ1v) is 4.05. The van der Waals surface area contributed by atoms with E-state index in [0.29, 0.717) is 0 Å². The van der Waals surface area contributed by atoms with Crippen molar-refractivity contribution in [3.63, 3.8) is 0 Å². The summed E-state index contributed by atoms with van der Waals surface area (Å²) < 4.78 is 0. The van der Waals surface area contributed by atoms with Crippen molar-refractivity contribution in [2.75, 3.05) is 6.61 Å². The van der Waals surface area contributed by atoms with E-state index in [9.17, 15) is 9.90 Å². The van der Waals surface area contributed by atoms with Crippen molar-refractivity contribution in [2.24, 2.45) is 0 Å². The average Bonchev–Trinajstić information content (AvgIpc) is 2.23. The van der Waals surface area contributed by atoms with Crippen LogP contribution in [0.5, 0.6) is 0 Å². The summed E-state index contributed by atoms with van der Waals surface area (Å²) in [7, 11) is 0. The van der Waals surface area contributed by atoms with Gasteiger partial charge in [0.05, 0.1) is 12.6 Å². The van der Waals surface area contributed by atoms with E-state index < -0.39 is 43.1 Å². The molecule has 8 nitrogen and oxygen atoms in total. The molecule has 0 amide bonds. The quantitative estimate of drug-likeness (QED) is 0.258. The van der Waals surface area contributed by atoms with E-state index in [2.05, 4.69) is 0 Å². The van der Waals surface area contributed by atoms with Gasteiger partial charge in [-0.3, -0.25) is 0 Å². The molecular weight excluding hydrogens is 251 g/mol. The average molecular weight is 264 g/mol. The van der Waals surface area contributed by atoms with Crippen LogP contribution in [0.15, 0.2) is 0 Å². The number of carboxylic acid groups (broad SMARTS) is 1. The zero-order chi connectivity index (χ0) is 12.2. The van der Waals surface area contributed by atoms with Crippen LogP contribution in [0.4, 0.5) is 0 Å². The molecule has 1 unspecified atom stereocenters. The normalized spacial score (nSPS) is 20.1. The van der Waals surface area contributed by atoms with Crippen molar-refractivity contribution in [3.05, 3.63) is 0 Å². The fourth-order valence-corrected chi connectivity index (χ4v) is 0.864. The second kappa shape index (κ2) is 8.88. The Kier molecular flexibility index (Phi) is 10.7. The van der Waals surface area contributed by atoms with Crippen molar-refractivity contribution in [3.8, 4) is 0 Å². The van der Waals surface area contributed by atoms with Gasteiger partial charge in [0.15, 0.2) is 0 Å². The van der Waals surface area contributed by atoms with Crippen LogP contribution in [0, 0.1) is 0 Å². The number of aliphatic hydroxyl groups is 6. The third-order valence-corrected chi connectivity index (χ3v) is 1.85. The summed E-state index contributed by atoms with van der Waals surface area (Å²) in [6.07, 6.45) is -10.5. The van der Waals surface area contributed by atoms with Gasteiger partial charge in [-0.2, -0.15) is 0 Å². The maximum Gasteiger partial charge on any atom is 1.00 e. The van der Waals surface area contributed by atoms with E-state index in [1.807, 2.05) is 0 Å². The van der Waals surface area contributed by atoms with Gasteiger partial charge in [-0.05, 0) is 0 Å². The smallest absolute Gasteiger partial charge is 0.547 e. The molecule has 90 valence electrons. The summed E-state index contributed by atoms with van der Waals surface area (Å²) in [4.78, 5) is 10.1. The second-order valence-electron chi connectivity index (χ2n) is 2.99. The van der Waals surface area contributed by atoms with Crippen LogP contribution in [0.3, 0.4) is 0 Å². The molecule has 0 aliphatic heterocycles. The van der Waals surface area contributed by atoms with E-state index in [-0.39, 0.29) is 51.4 Å². The Labute approximate surface area is 134 Å². The number of aliphatic carboxylic acids is 1. The van der Waals surface area contributed by atoms with Crippen LogP contribution < -0.4 is 56.5 Å². The van der Waals surface area contributed by atoms with Gasteiger partial charge < -0.3 is 40.5 Å². The van der Waals surface area contributed by atoms with Gasteiger partial charge in [0.25, 0.3) is 0 Å². The molecule has 0 aliphatic rings. The third-order valence-electron chi connectivity index (χ3n) is 1.85. The summed E-state index contributed by atoms with van der Waals surface area (Å²) in [6.45, 7) is -0.896. The largest absolute Gasteiger partial charge is 1.00 e. The molecule has 0 radical (unpaired) electrons. The van der Waals surface area contributed by atoms with E-state index in [1.54, 1.807) is 0 Å². The molecule has 0 heterocycles. The van der Waals surface area contributed by atoms with Crippen molar-refractivity contribution in [1.29, 1.82) is 0 Å². The number of hydrogen-bond donors (Lipinski definition) is 6. The van der Waals surface area contributed by atoms with Gasteiger partial charge in [-0.15, -0.1) is 0 Å². The van der Waals surface area contributed by atoms with Crippen molar-refractivity contribution >= 4 is 5.97 Å². The predicted octanol–water partition coefficient (Wildman–Crippen LogP) is -8.46. The Hall–Kier alpha value is 0.866. The van der Waals surface area contributed by atoms with E-state index >= 15 is 0 Å². The predicted molar refractivity (Wildman–Crippen MR) is 42.1 cm³/mol. The molecule has 16 heavy (non-hydrogen) atoms. The molecule has 0 aliphatic carbocycles. The Morgan fingerprint density at radius 2 is 1.44 bits per heavy atom. The van der Waals surface area contributed by atoms with E-state index in [1.165, 1.54) is 0 Å². The fraction of sp³-hybridized carbons (Fsp3) is 0.857. The molecule has 0 aromatic heterocycles. The Balaban J connectivity index is 0. The third kappa shape index (κ3) is 5.47. The van der Waals surface area contributed by atoms with Crippen LogP contribution in [0.1, 0.15) is 0 Å². The van der Waals surface area contributed by atoms with Crippen LogP contribution in [-0.4, -0.2) is 73.7 Å². The fourth-order valence-electron chi connectivity index (χ4n) is 0.864. The molecule has 0 saturated carbocycles. The Morgan fingerprint density at radius 1 is 1.00 bits per heavy atom. The summed E-state index contributed by atoms with van der Waals surface area (Å²) in [5.41, 5.74) is 0. The first kappa shape index (κ1) is 19.2. The topological polar surface area (TPSA) is 162 Å². The zero-order valence-electron chi connectivity index (χ0n) is 8.59. The first-order valence-electron chi connectivity index (χ1n) is 4.05. The minimum atomic E-state index is -2.40. The number of carboxylic acids is 1. The Morgan fingerprint density at radius 3 is 1.75 bits per heavy atom. The van der Waals surface area contributed by atoms with Gasteiger partial charge in [0, 0.05) is 0 Å². The number of hydrogen-bond acceptors (Lipinski definition) is 8. The van der Waals surface area contributed by atoms with Crippen molar-refractivity contribution in [2.45, 2.75) is 30.5 Å². The molecule has 5 atom stereocenters. The second-order valence-corrected chi connectivity index (χ2v) is 2.99. The van der Waals surface area contributed by atoms with Gasteiger partial charge >= 0.3 is 51.4 Å². The number of rotatable bonds is 6. The van der Waals surface area contributed by atoms with Crippen molar-refractivity contribution < 1.29 is 91.9 Å². The van der Waals surface area contributed by atoms with E-state index in [0.717, 1.165) is 0 Å². The summed E-state index contributed by atoms with van der Waals surface area (Å²) in [5.74, 6) is -2.03. The molecule has 0 bridgehead atoms. The zero-order valence-corrected chi connectivity index (χ0v) is 11.7. The molecular formula is C7H13KO8. The molecule has 6 N–H and O–H groups in total. The standard InChI is InChI=1S/C7H14O8.K/c8-1-2(9)3(10)4(11)5(12)6(13)7(14)15;/h2-6,8-13H,1H2,(H,14,15);/q;+1/p-1/t2?,3-,4-,5+,6-;/m1./s1. The molecule has 0 aromatic carbocycles. The van der Waals surface area contributed by atoms with Gasteiger partial charge in [-0.1, -0.05) is 0 Å². The van der Waals surface area contributed by atoms with Crippen molar-refractivity contribution in [1.82, 2.24) is 0 Å². The number of carbonyl (C=O) groups is 1. The number of aliphatic hydroxyl groups excluding tert-OH is 6. The maximum atomic E-state index is 10.1. The van der Waals surface area contributed by atoms with Crippen LogP contribution in [-0.2, 0) is 4.79 Å².